The maximum absolute atomic E-state index is 12.9. The Balaban J connectivity index is 1.72. The molecule has 0 aromatic heterocycles. The van der Waals surface area contributed by atoms with E-state index in [1.165, 1.54) is 11.0 Å². The molecule has 1 aliphatic heterocycles. The summed E-state index contributed by atoms with van der Waals surface area (Å²) < 4.78 is 38.8. The monoisotopic (exact) mass is 416 g/mol. The summed E-state index contributed by atoms with van der Waals surface area (Å²) in [6.07, 6.45) is -4.67. The van der Waals surface area contributed by atoms with Crippen LogP contribution in [0.15, 0.2) is 42.5 Å². The van der Waals surface area contributed by atoms with Gasteiger partial charge in [0, 0.05) is 29.4 Å². The number of alkyl halides is 3. The summed E-state index contributed by atoms with van der Waals surface area (Å²) in [5, 5.41) is 2.49. The van der Waals surface area contributed by atoms with Gasteiger partial charge in [-0.1, -0.05) is 23.2 Å². The van der Waals surface area contributed by atoms with Crippen LogP contribution in [0, 0.1) is 5.92 Å². The van der Waals surface area contributed by atoms with Gasteiger partial charge in [-0.15, -0.1) is 0 Å². The molecule has 0 unspecified atom stereocenters. The van der Waals surface area contributed by atoms with Gasteiger partial charge in [-0.25, -0.2) is 0 Å². The lowest BCUT2D eigenvalue weighted by atomic mass is 10.1. The van der Waals surface area contributed by atoms with Crippen LogP contribution in [0.4, 0.5) is 24.5 Å². The molecule has 2 aromatic rings. The summed E-state index contributed by atoms with van der Waals surface area (Å²) in [4.78, 5) is 26.1. The second-order valence-electron chi connectivity index (χ2n) is 6.06. The number of hydrogen-bond acceptors (Lipinski definition) is 2. The van der Waals surface area contributed by atoms with Gasteiger partial charge in [0.05, 0.1) is 16.5 Å². The van der Waals surface area contributed by atoms with Gasteiger partial charge in [0.1, 0.15) is 0 Å². The van der Waals surface area contributed by atoms with E-state index in [9.17, 15) is 22.8 Å². The van der Waals surface area contributed by atoms with Crippen LogP contribution in [0.3, 0.4) is 0 Å². The summed E-state index contributed by atoms with van der Waals surface area (Å²) in [6.45, 7) is 0.131. The Bertz CT molecular complexity index is 885. The standard InChI is InChI=1S/C18H13Cl2F3N2O2/c19-11-1-4-13(5-2-11)25-9-10(7-16(25)26)17(27)24-12-3-6-15(20)14(8-12)18(21,22)23/h1-6,8,10H,7,9H2,(H,24,27)/t10-/m1/s1. The van der Waals surface area contributed by atoms with E-state index in [4.69, 9.17) is 23.2 Å². The molecule has 9 heteroatoms. The summed E-state index contributed by atoms with van der Waals surface area (Å²) in [6, 6.07) is 9.70. The smallest absolute Gasteiger partial charge is 0.326 e. The van der Waals surface area contributed by atoms with E-state index in [1.807, 2.05) is 0 Å². The summed E-state index contributed by atoms with van der Waals surface area (Å²) in [7, 11) is 0. The lowest BCUT2D eigenvalue weighted by Crippen LogP contribution is -2.28. The quantitative estimate of drug-likeness (QED) is 0.764. The molecule has 1 aliphatic rings. The molecule has 27 heavy (non-hydrogen) atoms. The maximum atomic E-state index is 12.9. The summed E-state index contributed by atoms with van der Waals surface area (Å²) in [5.41, 5.74) is -0.466. The number of rotatable bonds is 3. The Morgan fingerprint density at radius 2 is 1.78 bits per heavy atom. The highest BCUT2D eigenvalue weighted by Crippen LogP contribution is 2.36. The normalized spacial score (nSPS) is 17.3. The van der Waals surface area contributed by atoms with Crippen molar-refractivity contribution in [1.29, 1.82) is 0 Å². The molecular formula is C18H13Cl2F3N2O2. The zero-order valence-electron chi connectivity index (χ0n) is 13.7. The Morgan fingerprint density at radius 3 is 2.41 bits per heavy atom. The third kappa shape index (κ3) is 4.36. The molecule has 1 saturated heterocycles. The molecule has 3 rings (SSSR count). The van der Waals surface area contributed by atoms with Crippen LogP contribution < -0.4 is 10.2 Å². The Labute approximate surface area is 162 Å². The molecule has 1 atom stereocenters. The molecule has 0 spiro atoms. The van der Waals surface area contributed by atoms with Crippen LogP contribution in [-0.2, 0) is 15.8 Å². The van der Waals surface area contributed by atoms with E-state index >= 15 is 0 Å². The average Bonchev–Trinajstić information content (AvgIpc) is 2.98. The zero-order chi connectivity index (χ0) is 19.8. The minimum atomic E-state index is -4.63. The lowest BCUT2D eigenvalue weighted by Gasteiger charge is -2.17. The van der Waals surface area contributed by atoms with Crippen molar-refractivity contribution in [3.05, 3.63) is 58.1 Å². The fourth-order valence-electron chi connectivity index (χ4n) is 2.82. The predicted octanol–water partition coefficient (Wildman–Crippen LogP) is 5.00. The number of halogens is 5. The second-order valence-corrected chi connectivity index (χ2v) is 6.91. The fourth-order valence-corrected chi connectivity index (χ4v) is 3.17. The second kappa shape index (κ2) is 7.40. The Morgan fingerprint density at radius 1 is 1.11 bits per heavy atom. The van der Waals surface area contributed by atoms with Crippen molar-refractivity contribution in [2.45, 2.75) is 12.6 Å². The van der Waals surface area contributed by atoms with Crippen molar-refractivity contribution in [1.82, 2.24) is 0 Å². The van der Waals surface area contributed by atoms with Gasteiger partial charge in [0.2, 0.25) is 11.8 Å². The number of hydrogen-bond donors (Lipinski definition) is 1. The van der Waals surface area contributed by atoms with Crippen molar-refractivity contribution in [2.75, 3.05) is 16.8 Å². The highest BCUT2D eigenvalue weighted by molar-refractivity contribution is 6.31. The first kappa shape index (κ1) is 19.5. The van der Waals surface area contributed by atoms with Gasteiger partial charge < -0.3 is 10.2 Å². The number of nitrogens with zero attached hydrogens (tertiary/aromatic N) is 1. The molecule has 1 heterocycles. The highest BCUT2D eigenvalue weighted by Gasteiger charge is 2.36. The summed E-state index contributed by atoms with van der Waals surface area (Å²) in [5.74, 6) is -1.46. The molecule has 0 saturated carbocycles. The van der Waals surface area contributed by atoms with Crippen LogP contribution in [0.25, 0.3) is 0 Å². The van der Waals surface area contributed by atoms with Gasteiger partial charge >= 0.3 is 6.18 Å². The van der Waals surface area contributed by atoms with Crippen molar-refractivity contribution in [3.63, 3.8) is 0 Å². The molecular weight excluding hydrogens is 404 g/mol. The van der Waals surface area contributed by atoms with E-state index in [0.717, 1.165) is 12.1 Å². The first-order valence-electron chi connectivity index (χ1n) is 7.88. The molecule has 2 amide bonds. The first-order chi connectivity index (χ1) is 12.6. The third-order valence-electron chi connectivity index (χ3n) is 4.17. The maximum Gasteiger partial charge on any atom is 0.417 e. The molecule has 2 aromatic carbocycles. The number of benzene rings is 2. The average molecular weight is 417 g/mol. The fraction of sp³-hybridized carbons (Fsp3) is 0.222. The first-order valence-corrected chi connectivity index (χ1v) is 8.64. The SMILES string of the molecule is O=C(Nc1ccc(Cl)c(C(F)(F)F)c1)[C@@H]1CC(=O)N(c2ccc(Cl)cc2)C1. The van der Waals surface area contributed by atoms with Crippen LogP contribution in [0.2, 0.25) is 10.0 Å². The molecule has 0 bridgehead atoms. The molecule has 142 valence electrons. The van der Waals surface area contributed by atoms with E-state index in [1.54, 1.807) is 24.3 Å². The van der Waals surface area contributed by atoms with E-state index in [-0.39, 0.29) is 24.6 Å². The van der Waals surface area contributed by atoms with Gasteiger partial charge in [0.15, 0.2) is 0 Å². The number of carbonyl (C=O) groups excluding carboxylic acids is 2. The lowest BCUT2D eigenvalue weighted by molar-refractivity contribution is -0.137. The number of carbonyl (C=O) groups is 2. The third-order valence-corrected chi connectivity index (χ3v) is 4.75. The minimum Gasteiger partial charge on any atom is -0.326 e. The molecule has 0 radical (unpaired) electrons. The van der Waals surface area contributed by atoms with Gasteiger partial charge in [0.25, 0.3) is 0 Å². The summed E-state index contributed by atoms with van der Waals surface area (Å²) >= 11 is 11.4. The largest absolute Gasteiger partial charge is 0.417 e. The van der Waals surface area contributed by atoms with Gasteiger partial charge in [-0.05, 0) is 42.5 Å². The van der Waals surface area contributed by atoms with Crippen LogP contribution >= 0.6 is 23.2 Å². The van der Waals surface area contributed by atoms with Gasteiger partial charge in [-0.3, -0.25) is 9.59 Å². The minimum absolute atomic E-state index is 0.0332. The molecule has 4 nitrogen and oxygen atoms in total. The van der Waals surface area contributed by atoms with Crippen molar-refractivity contribution in [2.24, 2.45) is 5.92 Å². The van der Waals surface area contributed by atoms with E-state index < -0.39 is 28.6 Å². The van der Waals surface area contributed by atoms with Crippen molar-refractivity contribution < 1.29 is 22.8 Å². The topological polar surface area (TPSA) is 49.4 Å². The van der Waals surface area contributed by atoms with Crippen molar-refractivity contribution in [3.8, 4) is 0 Å². The molecule has 0 aliphatic carbocycles. The molecule has 1 fully saturated rings. The number of anilines is 2. The zero-order valence-corrected chi connectivity index (χ0v) is 15.2. The van der Waals surface area contributed by atoms with E-state index in [2.05, 4.69) is 5.32 Å². The van der Waals surface area contributed by atoms with Gasteiger partial charge in [-0.2, -0.15) is 13.2 Å². The van der Waals surface area contributed by atoms with Crippen LogP contribution in [0.5, 0.6) is 0 Å². The highest BCUT2D eigenvalue weighted by atomic mass is 35.5. The van der Waals surface area contributed by atoms with Crippen molar-refractivity contribution >= 4 is 46.4 Å². The Kier molecular flexibility index (Phi) is 5.35. The number of nitrogens with one attached hydrogen (secondary N) is 1. The van der Waals surface area contributed by atoms with Crippen LogP contribution in [-0.4, -0.2) is 18.4 Å². The Hall–Kier alpha value is -2.25. The molecule has 1 N–H and O–H groups in total. The van der Waals surface area contributed by atoms with Crippen LogP contribution in [0.1, 0.15) is 12.0 Å². The predicted molar refractivity (Wildman–Crippen MR) is 97.0 cm³/mol. The number of amides is 2. The van der Waals surface area contributed by atoms with E-state index in [0.29, 0.717) is 10.7 Å².